The van der Waals surface area contributed by atoms with Gasteiger partial charge < -0.3 is 14.8 Å². The van der Waals surface area contributed by atoms with E-state index < -0.39 is 0 Å². The second-order valence-corrected chi connectivity index (χ2v) is 8.08. The Morgan fingerprint density at radius 1 is 1.06 bits per heavy atom. The van der Waals surface area contributed by atoms with Gasteiger partial charge in [0, 0.05) is 50.9 Å². The Bertz CT molecular complexity index is 1110. The van der Waals surface area contributed by atoms with Gasteiger partial charge in [-0.05, 0) is 44.2 Å². The van der Waals surface area contributed by atoms with Crippen LogP contribution in [0.5, 0.6) is 0 Å². The lowest BCUT2D eigenvalue weighted by atomic mass is 10.1. The van der Waals surface area contributed by atoms with Gasteiger partial charge in [0.15, 0.2) is 0 Å². The number of carbonyl (C=O) groups is 2. The number of anilines is 1. The smallest absolute Gasteiger partial charge is 0.255 e. The summed E-state index contributed by atoms with van der Waals surface area (Å²) in [6.45, 7) is 10.5. The molecule has 0 bridgehead atoms. The Morgan fingerprint density at radius 2 is 1.84 bits per heavy atom. The van der Waals surface area contributed by atoms with Crippen molar-refractivity contribution in [1.82, 2.24) is 19.4 Å². The van der Waals surface area contributed by atoms with Crippen LogP contribution in [0.1, 0.15) is 35.6 Å². The molecule has 2 amide bonds. The van der Waals surface area contributed by atoms with E-state index in [1.54, 1.807) is 6.92 Å². The fourth-order valence-corrected chi connectivity index (χ4v) is 4.14. The minimum absolute atomic E-state index is 0.124. The van der Waals surface area contributed by atoms with Crippen molar-refractivity contribution in [2.75, 3.05) is 31.5 Å². The van der Waals surface area contributed by atoms with Crippen molar-refractivity contribution in [3.05, 3.63) is 59.4 Å². The number of imidazole rings is 1. The van der Waals surface area contributed by atoms with E-state index in [0.29, 0.717) is 5.56 Å². The van der Waals surface area contributed by atoms with Crippen molar-refractivity contribution in [3.8, 4) is 0 Å². The van der Waals surface area contributed by atoms with E-state index in [-0.39, 0.29) is 11.8 Å². The third-order valence-corrected chi connectivity index (χ3v) is 5.86. The first-order valence-corrected chi connectivity index (χ1v) is 10.8. The predicted octanol–water partition coefficient (Wildman–Crippen LogP) is 3.28. The zero-order chi connectivity index (χ0) is 22.0. The van der Waals surface area contributed by atoms with Crippen LogP contribution in [0.4, 0.5) is 5.69 Å². The molecule has 0 unspecified atom stereocenters. The molecular formula is C24H29N5O2. The SMILES string of the molecule is CCn1c(CN2CCN(C(C)=O)CC2)nc2cc(NC(=O)c3cccc(C)c3)ccc21. The number of piperazine rings is 1. The summed E-state index contributed by atoms with van der Waals surface area (Å²) < 4.78 is 2.22. The molecule has 0 saturated carbocycles. The summed E-state index contributed by atoms with van der Waals surface area (Å²) in [4.78, 5) is 33.3. The third kappa shape index (κ3) is 4.61. The molecule has 1 N–H and O–H groups in total. The molecule has 0 aliphatic carbocycles. The Kier molecular flexibility index (Phi) is 6.04. The van der Waals surface area contributed by atoms with Crippen LogP contribution in [0.3, 0.4) is 0 Å². The van der Waals surface area contributed by atoms with Gasteiger partial charge in [0.1, 0.15) is 5.82 Å². The highest BCUT2D eigenvalue weighted by Crippen LogP contribution is 2.22. The van der Waals surface area contributed by atoms with Crippen LogP contribution in [-0.2, 0) is 17.9 Å². The molecule has 1 aromatic heterocycles. The van der Waals surface area contributed by atoms with Crippen molar-refractivity contribution in [2.24, 2.45) is 0 Å². The number of nitrogens with zero attached hydrogens (tertiary/aromatic N) is 4. The van der Waals surface area contributed by atoms with E-state index in [1.165, 1.54) is 0 Å². The third-order valence-electron chi connectivity index (χ3n) is 5.86. The Balaban J connectivity index is 1.51. The lowest BCUT2D eigenvalue weighted by molar-refractivity contribution is -0.130. The lowest BCUT2D eigenvalue weighted by Gasteiger charge is -2.33. The second-order valence-electron chi connectivity index (χ2n) is 8.08. The maximum absolute atomic E-state index is 12.6. The molecule has 0 radical (unpaired) electrons. The topological polar surface area (TPSA) is 70.5 Å². The van der Waals surface area contributed by atoms with Crippen LogP contribution in [0.2, 0.25) is 0 Å². The summed E-state index contributed by atoms with van der Waals surface area (Å²) >= 11 is 0. The van der Waals surface area contributed by atoms with Gasteiger partial charge >= 0.3 is 0 Å². The van der Waals surface area contributed by atoms with E-state index in [9.17, 15) is 9.59 Å². The summed E-state index contributed by atoms with van der Waals surface area (Å²) in [7, 11) is 0. The van der Waals surface area contributed by atoms with E-state index in [2.05, 4.69) is 21.7 Å². The molecule has 2 aromatic carbocycles. The summed E-state index contributed by atoms with van der Waals surface area (Å²) in [5.41, 5.74) is 4.37. The second kappa shape index (κ2) is 8.89. The van der Waals surface area contributed by atoms with Crippen molar-refractivity contribution in [1.29, 1.82) is 0 Å². The zero-order valence-electron chi connectivity index (χ0n) is 18.4. The van der Waals surface area contributed by atoms with Gasteiger partial charge in [0.05, 0.1) is 17.6 Å². The van der Waals surface area contributed by atoms with E-state index in [0.717, 1.165) is 67.4 Å². The number of amides is 2. The van der Waals surface area contributed by atoms with Gasteiger partial charge in [-0.2, -0.15) is 0 Å². The van der Waals surface area contributed by atoms with Crippen LogP contribution in [-0.4, -0.2) is 57.3 Å². The Morgan fingerprint density at radius 3 is 2.52 bits per heavy atom. The number of fused-ring (bicyclic) bond motifs is 1. The molecule has 1 fully saturated rings. The molecule has 162 valence electrons. The number of benzene rings is 2. The van der Waals surface area contributed by atoms with Crippen LogP contribution in [0.25, 0.3) is 11.0 Å². The molecular weight excluding hydrogens is 390 g/mol. The van der Waals surface area contributed by atoms with Crippen molar-refractivity contribution < 1.29 is 9.59 Å². The minimum Gasteiger partial charge on any atom is -0.340 e. The first-order chi connectivity index (χ1) is 14.9. The van der Waals surface area contributed by atoms with Gasteiger partial charge in [-0.3, -0.25) is 14.5 Å². The molecule has 31 heavy (non-hydrogen) atoms. The largest absolute Gasteiger partial charge is 0.340 e. The van der Waals surface area contributed by atoms with Crippen LogP contribution in [0.15, 0.2) is 42.5 Å². The van der Waals surface area contributed by atoms with Crippen molar-refractivity contribution in [3.63, 3.8) is 0 Å². The van der Waals surface area contributed by atoms with Crippen LogP contribution < -0.4 is 5.32 Å². The lowest BCUT2D eigenvalue weighted by Crippen LogP contribution is -2.47. The number of nitrogens with one attached hydrogen (secondary N) is 1. The number of rotatable bonds is 5. The van der Waals surface area contributed by atoms with Crippen LogP contribution >= 0.6 is 0 Å². The first kappa shape index (κ1) is 21.1. The molecule has 1 aliphatic rings. The molecule has 3 aromatic rings. The monoisotopic (exact) mass is 419 g/mol. The highest BCUT2D eigenvalue weighted by atomic mass is 16.2. The molecule has 7 heteroatoms. The van der Waals surface area contributed by atoms with Gasteiger partial charge in [-0.25, -0.2) is 4.98 Å². The van der Waals surface area contributed by atoms with Gasteiger partial charge in [0.2, 0.25) is 5.91 Å². The normalized spacial score (nSPS) is 14.7. The quantitative estimate of drug-likeness (QED) is 0.689. The summed E-state index contributed by atoms with van der Waals surface area (Å²) in [6.07, 6.45) is 0. The molecule has 4 rings (SSSR count). The number of aromatic nitrogens is 2. The number of carbonyl (C=O) groups excluding carboxylic acids is 2. The Hall–Kier alpha value is -3.19. The summed E-state index contributed by atoms with van der Waals surface area (Å²) in [5.74, 6) is 1.03. The van der Waals surface area contributed by atoms with E-state index >= 15 is 0 Å². The highest BCUT2D eigenvalue weighted by Gasteiger charge is 2.21. The molecule has 7 nitrogen and oxygen atoms in total. The van der Waals surface area contributed by atoms with Gasteiger partial charge in [-0.15, -0.1) is 0 Å². The van der Waals surface area contributed by atoms with E-state index in [4.69, 9.17) is 4.98 Å². The highest BCUT2D eigenvalue weighted by molar-refractivity contribution is 6.05. The fourth-order valence-electron chi connectivity index (χ4n) is 4.14. The molecule has 0 atom stereocenters. The fraction of sp³-hybridized carbons (Fsp3) is 0.375. The summed E-state index contributed by atoms with van der Waals surface area (Å²) in [6, 6.07) is 13.4. The molecule has 0 spiro atoms. The Labute approximate surface area is 182 Å². The average molecular weight is 420 g/mol. The first-order valence-electron chi connectivity index (χ1n) is 10.8. The van der Waals surface area contributed by atoms with Crippen molar-refractivity contribution >= 4 is 28.5 Å². The number of aryl methyl sites for hydroxylation is 2. The number of hydrogen-bond acceptors (Lipinski definition) is 4. The zero-order valence-corrected chi connectivity index (χ0v) is 18.4. The minimum atomic E-state index is -0.124. The number of hydrogen-bond donors (Lipinski definition) is 1. The molecule has 1 aliphatic heterocycles. The van der Waals surface area contributed by atoms with Gasteiger partial charge in [-0.1, -0.05) is 17.7 Å². The molecule has 1 saturated heterocycles. The van der Waals surface area contributed by atoms with Crippen molar-refractivity contribution in [2.45, 2.75) is 33.9 Å². The van der Waals surface area contributed by atoms with Crippen LogP contribution in [0, 0.1) is 6.92 Å². The van der Waals surface area contributed by atoms with E-state index in [1.807, 2.05) is 54.3 Å². The maximum atomic E-state index is 12.6. The summed E-state index contributed by atoms with van der Waals surface area (Å²) in [5, 5.41) is 2.99. The van der Waals surface area contributed by atoms with Gasteiger partial charge in [0.25, 0.3) is 5.91 Å². The predicted molar refractivity (Wildman–Crippen MR) is 122 cm³/mol. The molecule has 2 heterocycles. The maximum Gasteiger partial charge on any atom is 0.255 e. The average Bonchev–Trinajstić information content (AvgIpc) is 3.10. The standard InChI is InChI=1S/C24H29N5O2/c1-4-29-22-9-8-20(25-24(31)19-7-5-6-17(2)14-19)15-21(22)26-23(29)16-27-10-12-28(13-11-27)18(3)30/h5-9,14-15H,4,10-13,16H2,1-3H3,(H,25,31).